The number of methoxy groups -OCH3 is 1. The number of carbonyl (C=O) groups excluding carboxylic acids is 2. The Morgan fingerprint density at radius 2 is 1.92 bits per heavy atom. The fourth-order valence-corrected chi connectivity index (χ4v) is 4.69. The van der Waals surface area contributed by atoms with Crippen LogP contribution in [0, 0.1) is 18.6 Å². The lowest BCUT2D eigenvalue weighted by Gasteiger charge is -2.32. The first-order chi connectivity index (χ1) is 18.3. The number of halogens is 2. The van der Waals surface area contributed by atoms with Gasteiger partial charge < -0.3 is 19.9 Å². The number of benzene rings is 2. The van der Waals surface area contributed by atoms with Crippen LogP contribution in [0.4, 0.5) is 14.5 Å². The number of nitrogens with zero attached hydrogens (tertiary/aromatic N) is 3. The van der Waals surface area contributed by atoms with Gasteiger partial charge in [-0.2, -0.15) is 5.10 Å². The van der Waals surface area contributed by atoms with Crippen molar-refractivity contribution in [3.05, 3.63) is 89.4 Å². The molecule has 2 aromatic carbocycles. The van der Waals surface area contributed by atoms with Gasteiger partial charge in [0.1, 0.15) is 5.75 Å². The predicted octanol–water partition coefficient (Wildman–Crippen LogP) is 5.20. The van der Waals surface area contributed by atoms with Crippen molar-refractivity contribution in [2.45, 2.75) is 25.8 Å². The summed E-state index contributed by atoms with van der Waals surface area (Å²) in [6.45, 7) is 2.50. The van der Waals surface area contributed by atoms with Crippen molar-refractivity contribution in [1.29, 1.82) is 0 Å². The summed E-state index contributed by atoms with van der Waals surface area (Å²) < 4.78 is 34.3. The summed E-state index contributed by atoms with van der Waals surface area (Å²) in [5, 5.41) is 7.06. The molecule has 0 spiro atoms. The normalized spacial score (nSPS) is 13.9. The third-order valence-electron chi connectivity index (χ3n) is 6.88. The first kappa shape index (κ1) is 25.2. The Hall–Kier alpha value is -4.47. The fourth-order valence-electron chi connectivity index (χ4n) is 4.69. The minimum absolute atomic E-state index is 0.0378. The molecule has 0 atom stereocenters. The molecule has 10 heteroatoms. The fraction of sp³-hybridized carbons (Fsp3) is 0.250. The summed E-state index contributed by atoms with van der Waals surface area (Å²) in [6.07, 6.45) is 6.36. The van der Waals surface area contributed by atoms with Crippen LogP contribution in [0.25, 0.3) is 11.3 Å². The van der Waals surface area contributed by atoms with Gasteiger partial charge in [0, 0.05) is 47.9 Å². The van der Waals surface area contributed by atoms with Gasteiger partial charge >= 0.3 is 0 Å². The number of carbonyl (C=O) groups is 2. The average molecular weight is 520 g/mol. The Bertz CT molecular complexity index is 1490. The van der Waals surface area contributed by atoms with Crippen LogP contribution < -0.4 is 10.1 Å². The quantitative estimate of drug-likeness (QED) is 0.366. The molecule has 0 saturated carbocycles. The number of anilines is 1. The Morgan fingerprint density at radius 3 is 2.68 bits per heavy atom. The number of ether oxygens (including phenoxy) is 1. The monoisotopic (exact) mass is 519 g/mol. The van der Waals surface area contributed by atoms with E-state index in [2.05, 4.69) is 15.4 Å². The average Bonchev–Trinajstić information content (AvgIpc) is 3.62. The van der Waals surface area contributed by atoms with E-state index in [9.17, 15) is 18.4 Å². The molecule has 196 valence electrons. The van der Waals surface area contributed by atoms with Crippen molar-refractivity contribution in [1.82, 2.24) is 19.7 Å². The second-order valence-corrected chi connectivity index (χ2v) is 9.25. The summed E-state index contributed by atoms with van der Waals surface area (Å²) in [7, 11) is 1.61. The lowest BCUT2D eigenvalue weighted by molar-refractivity contribution is 0.0690. The van der Waals surface area contributed by atoms with Gasteiger partial charge in [0.15, 0.2) is 11.6 Å². The van der Waals surface area contributed by atoms with Crippen LogP contribution in [-0.2, 0) is 0 Å². The Kier molecular flexibility index (Phi) is 6.95. The van der Waals surface area contributed by atoms with Crippen LogP contribution in [0.2, 0.25) is 0 Å². The molecule has 0 bridgehead atoms. The molecule has 4 aromatic rings. The molecule has 1 aliphatic heterocycles. The van der Waals surface area contributed by atoms with E-state index in [1.165, 1.54) is 19.2 Å². The van der Waals surface area contributed by atoms with Crippen LogP contribution in [0.5, 0.6) is 5.75 Å². The van der Waals surface area contributed by atoms with E-state index in [0.29, 0.717) is 37.2 Å². The lowest BCUT2D eigenvalue weighted by Crippen LogP contribution is -2.39. The Labute approximate surface area is 218 Å². The minimum atomic E-state index is -1.04. The molecule has 0 radical (unpaired) electrons. The van der Waals surface area contributed by atoms with E-state index in [1.54, 1.807) is 24.2 Å². The summed E-state index contributed by atoms with van der Waals surface area (Å²) in [6, 6.07) is 11.7. The second kappa shape index (κ2) is 10.5. The summed E-state index contributed by atoms with van der Waals surface area (Å²) >= 11 is 0. The molecule has 5 rings (SSSR count). The maximum atomic E-state index is 13.8. The first-order valence-electron chi connectivity index (χ1n) is 12.3. The molecule has 2 N–H and O–H groups in total. The van der Waals surface area contributed by atoms with E-state index >= 15 is 0 Å². The predicted molar refractivity (Wildman–Crippen MR) is 138 cm³/mol. The maximum absolute atomic E-state index is 13.8. The van der Waals surface area contributed by atoms with Crippen LogP contribution >= 0.6 is 0 Å². The van der Waals surface area contributed by atoms with Crippen LogP contribution in [-0.4, -0.2) is 51.7 Å². The summed E-state index contributed by atoms with van der Waals surface area (Å²) in [5.41, 5.74) is 2.83. The number of H-pyrrole nitrogens is 1. The molecule has 1 aliphatic rings. The molecule has 3 heterocycles. The highest BCUT2D eigenvalue weighted by atomic mass is 19.2. The molecule has 1 saturated heterocycles. The molecule has 8 nitrogen and oxygen atoms in total. The molecule has 0 aliphatic carbocycles. The third-order valence-corrected chi connectivity index (χ3v) is 6.88. The molecular weight excluding hydrogens is 492 g/mol. The molecule has 2 aromatic heterocycles. The number of hydrogen-bond donors (Lipinski definition) is 2. The van der Waals surface area contributed by atoms with E-state index in [-0.39, 0.29) is 23.1 Å². The van der Waals surface area contributed by atoms with Crippen LogP contribution in [0.3, 0.4) is 0 Å². The number of amides is 2. The Balaban J connectivity index is 1.18. The highest BCUT2D eigenvalue weighted by Crippen LogP contribution is 2.27. The number of likely N-dealkylation sites (tertiary alicyclic amines) is 1. The van der Waals surface area contributed by atoms with E-state index in [1.807, 2.05) is 35.2 Å². The van der Waals surface area contributed by atoms with E-state index in [4.69, 9.17) is 4.74 Å². The van der Waals surface area contributed by atoms with Gasteiger partial charge in [-0.3, -0.25) is 14.3 Å². The number of rotatable bonds is 6. The smallest absolute Gasteiger partial charge is 0.256 e. The summed E-state index contributed by atoms with van der Waals surface area (Å²) in [5.74, 6) is -1.87. The molecule has 0 unspecified atom stereocenters. The summed E-state index contributed by atoms with van der Waals surface area (Å²) in [4.78, 5) is 30.7. The van der Waals surface area contributed by atoms with Gasteiger partial charge in [-0.25, -0.2) is 8.78 Å². The third kappa shape index (κ3) is 5.02. The maximum Gasteiger partial charge on any atom is 0.256 e. The van der Waals surface area contributed by atoms with E-state index < -0.39 is 17.5 Å². The molecule has 1 fully saturated rings. The van der Waals surface area contributed by atoms with Crippen molar-refractivity contribution in [2.24, 2.45) is 0 Å². The number of nitrogens with one attached hydrogen (secondary N) is 2. The zero-order chi connectivity index (χ0) is 26.8. The molecule has 2 amide bonds. The molecule has 38 heavy (non-hydrogen) atoms. The van der Waals surface area contributed by atoms with Gasteiger partial charge in [-0.15, -0.1) is 0 Å². The standard InChI is InChI=1S/C28H27F2N5O3/c1-17-23(6-7-24(29)26(17)30)27(36)33-20-15-32-35(16-20)21-8-10-34(11-9-21)28(37)19-13-25(31-14-19)18-4-3-5-22(12-18)38-2/h3-7,12-16,21,31H,8-11H2,1-2H3,(H,33,36). The second-order valence-electron chi connectivity index (χ2n) is 9.25. The zero-order valence-corrected chi connectivity index (χ0v) is 21.0. The number of piperidine rings is 1. The van der Waals surface area contributed by atoms with Crippen LogP contribution in [0.1, 0.15) is 45.2 Å². The highest BCUT2D eigenvalue weighted by Gasteiger charge is 2.26. The van der Waals surface area contributed by atoms with Crippen LogP contribution in [0.15, 0.2) is 61.1 Å². The minimum Gasteiger partial charge on any atom is -0.497 e. The topological polar surface area (TPSA) is 92.2 Å². The first-order valence-corrected chi connectivity index (χ1v) is 12.3. The van der Waals surface area contributed by atoms with Gasteiger partial charge in [0.05, 0.1) is 30.6 Å². The lowest BCUT2D eigenvalue weighted by atomic mass is 10.0. The zero-order valence-electron chi connectivity index (χ0n) is 21.0. The van der Waals surface area contributed by atoms with Gasteiger partial charge in [0.25, 0.3) is 11.8 Å². The number of hydrogen-bond acceptors (Lipinski definition) is 4. The number of aromatic amines is 1. The van der Waals surface area contributed by atoms with Gasteiger partial charge in [0.2, 0.25) is 0 Å². The number of aromatic nitrogens is 3. The SMILES string of the molecule is COc1cccc(-c2cc(C(=O)N3CCC(n4cc(NC(=O)c5ccc(F)c(F)c5C)cn4)CC3)c[nH]2)c1. The molecular formula is C28H27F2N5O3. The van der Waals surface area contributed by atoms with Crippen molar-refractivity contribution in [2.75, 3.05) is 25.5 Å². The van der Waals surface area contributed by atoms with Gasteiger partial charge in [-0.05, 0) is 50.1 Å². The Morgan fingerprint density at radius 1 is 1.13 bits per heavy atom. The van der Waals surface area contributed by atoms with E-state index in [0.717, 1.165) is 23.1 Å². The van der Waals surface area contributed by atoms with Crippen molar-refractivity contribution in [3.63, 3.8) is 0 Å². The van der Waals surface area contributed by atoms with Crippen molar-refractivity contribution < 1.29 is 23.1 Å². The largest absolute Gasteiger partial charge is 0.497 e. The highest BCUT2D eigenvalue weighted by molar-refractivity contribution is 6.05. The van der Waals surface area contributed by atoms with Gasteiger partial charge in [-0.1, -0.05) is 12.1 Å². The van der Waals surface area contributed by atoms with Crippen molar-refractivity contribution >= 4 is 17.5 Å². The van der Waals surface area contributed by atoms with Crippen molar-refractivity contribution in [3.8, 4) is 17.0 Å².